The van der Waals surface area contributed by atoms with E-state index in [2.05, 4.69) is 26.2 Å². The number of anilines is 1. The first kappa shape index (κ1) is 11.0. The van der Waals surface area contributed by atoms with E-state index < -0.39 is 0 Å². The highest BCUT2D eigenvalue weighted by molar-refractivity contribution is 9.10. The van der Waals surface area contributed by atoms with E-state index in [1.165, 1.54) is 6.20 Å². The Bertz CT molecular complexity index is 387. The third-order valence-electron chi connectivity index (χ3n) is 1.62. The van der Waals surface area contributed by atoms with Gasteiger partial charge in [-0.15, -0.1) is 0 Å². The van der Waals surface area contributed by atoms with Crippen LogP contribution in [-0.2, 0) is 4.79 Å². The maximum Gasteiger partial charge on any atom is 0.271 e. The zero-order valence-corrected chi connectivity index (χ0v) is 9.35. The van der Waals surface area contributed by atoms with E-state index in [9.17, 15) is 9.59 Å². The van der Waals surface area contributed by atoms with Gasteiger partial charge in [0.1, 0.15) is 5.69 Å². The largest absolute Gasteiger partial charge is 0.326 e. The average molecular weight is 259 g/mol. The molecule has 1 aromatic heterocycles. The van der Waals surface area contributed by atoms with Crippen molar-refractivity contribution in [2.45, 2.75) is 19.8 Å². The van der Waals surface area contributed by atoms with Gasteiger partial charge in [0.2, 0.25) is 5.91 Å². The van der Waals surface area contributed by atoms with Gasteiger partial charge in [-0.2, -0.15) is 0 Å². The van der Waals surface area contributed by atoms with E-state index in [1.807, 2.05) is 6.92 Å². The minimum Gasteiger partial charge on any atom is -0.326 e. The first-order valence-corrected chi connectivity index (χ1v) is 5.11. The third-order valence-corrected chi connectivity index (χ3v) is 2.08. The molecule has 2 N–H and O–H groups in total. The highest BCUT2D eigenvalue weighted by atomic mass is 79.9. The molecule has 76 valence electrons. The summed E-state index contributed by atoms with van der Waals surface area (Å²) in [4.78, 5) is 24.9. The zero-order valence-electron chi connectivity index (χ0n) is 7.76. The molecular weight excluding hydrogens is 248 g/mol. The molecule has 4 nitrogen and oxygen atoms in total. The molecule has 0 aromatic carbocycles. The predicted molar refractivity (Wildman–Crippen MR) is 58.3 cm³/mol. The van der Waals surface area contributed by atoms with E-state index in [-0.39, 0.29) is 17.2 Å². The first-order chi connectivity index (χ1) is 6.63. The Hall–Kier alpha value is -1.10. The van der Waals surface area contributed by atoms with Crippen molar-refractivity contribution in [2.75, 3.05) is 5.32 Å². The van der Waals surface area contributed by atoms with Crippen molar-refractivity contribution in [3.63, 3.8) is 0 Å². The topological polar surface area (TPSA) is 62.0 Å². The number of carbonyl (C=O) groups is 1. The van der Waals surface area contributed by atoms with Gasteiger partial charge in [-0.05, 0) is 28.4 Å². The monoisotopic (exact) mass is 258 g/mol. The predicted octanol–water partition coefficient (Wildman–Crippen LogP) is 1.88. The summed E-state index contributed by atoms with van der Waals surface area (Å²) in [5, 5.41) is 2.54. The third kappa shape index (κ3) is 2.99. The van der Waals surface area contributed by atoms with Crippen molar-refractivity contribution >= 4 is 27.5 Å². The molecule has 0 saturated heterocycles. The Morgan fingerprint density at radius 1 is 1.64 bits per heavy atom. The van der Waals surface area contributed by atoms with Crippen molar-refractivity contribution < 1.29 is 4.79 Å². The number of H-pyrrole nitrogens is 1. The number of hydrogen-bond acceptors (Lipinski definition) is 2. The van der Waals surface area contributed by atoms with Crippen LogP contribution in [0.3, 0.4) is 0 Å². The van der Waals surface area contributed by atoms with Crippen LogP contribution in [0.25, 0.3) is 0 Å². The van der Waals surface area contributed by atoms with E-state index >= 15 is 0 Å². The van der Waals surface area contributed by atoms with Gasteiger partial charge in [-0.1, -0.05) is 6.92 Å². The summed E-state index contributed by atoms with van der Waals surface area (Å²) in [5.41, 5.74) is -0.0181. The Balaban J connectivity index is 2.81. The number of pyridine rings is 1. The van der Waals surface area contributed by atoms with Gasteiger partial charge in [-0.25, -0.2) is 0 Å². The fourth-order valence-electron chi connectivity index (χ4n) is 0.990. The van der Waals surface area contributed by atoms with Crippen molar-refractivity contribution in [2.24, 2.45) is 0 Å². The first-order valence-electron chi connectivity index (χ1n) is 4.31. The van der Waals surface area contributed by atoms with Crippen molar-refractivity contribution in [3.8, 4) is 0 Å². The van der Waals surface area contributed by atoms with Gasteiger partial charge >= 0.3 is 0 Å². The van der Waals surface area contributed by atoms with Crippen LogP contribution in [0.4, 0.5) is 5.69 Å². The Morgan fingerprint density at radius 2 is 2.36 bits per heavy atom. The average Bonchev–Trinajstić information content (AvgIpc) is 2.12. The van der Waals surface area contributed by atoms with Crippen LogP contribution in [-0.4, -0.2) is 10.9 Å². The highest BCUT2D eigenvalue weighted by Crippen LogP contribution is 2.10. The molecule has 0 aliphatic carbocycles. The molecule has 1 amide bonds. The summed E-state index contributed by atoms with van der Waals surface area (Å²) >= 11 is 3.20. The summed E-state index contributed by atoms with van der Waals surface area (Å²) in [5.74, 6) is -0.142. The highest BCUT2D eigenvalue weighted by Gasteiger charge is 2.04. The van der Waals surface area contributed by atoms with E-state index in [4.69, 9.17) is 0 Å². The van der Waals surface area contributed by atoms with Crippen LogP contribution in [0.5, 0.6) is 0 Å². The number of aromatic nitrogens is 1. The molecule has 14 heavy (non-hydrogen) atoms. The molecule has 0 atom stereocenters. The van der Waals surface area contributed by atoms with E-state index in [0.29, 0.717) is 6.42 Å². The summed E-state index contributed by atoms with van der Waals surface area (Å²) in [6.45, 7) is 1.91. The summed E-state index contributed by atoms with van der Waals surface area (Å²) in [7, 11) is 0. The van der Waals surface area contributed by atoms with Gasteiger partial charge < -0.3 is 10.3 Å². The maximum atomic E-state index is 11.2. The van der Waals surface area contributed by atoms with Crippen molar-refractivity contribution in [3.05, 3.63) is 27.1 Å². The molecular formula is C9H11BrN2O2. The Morgan fingerprint density at radius 3 is 3.00 bits per heavy atom. The number of carbonyl (C=O) groups excluding carboxylic acids is 1. The maximum absolute atomic E-state index is 11.2. The van der Waals surface area contributed by atoms with Gasteiger partial charge in [0, 0.05) is 17.1 Å². The lowest BCUT2D eigenvalue weighted by atomic mass is 10.3. The number of hydrogen-bond donors (Lipinski definition) is 2. The fourth-order valence-corrected chi connectivity index (χ4v) is 1.33. The zero-order chi connectivity index (χ0) is 10.6. The molecule has 0 radical (unpaired) electrons. The lowest BCUT2D eigenvalue weighted by molar-refractivity contribution is -0.116. The van der Waals surface area contributed by atoms with Crippen molar-refractivity contribution in [1.29, 1.82) is 0 Å². The standard InChI is InChI=1S/C9H11BrN2O2/c1-2-3-8(13)12-7-4-6(10)5-11-9(7)14/h4-5H,2-3H2,1H3,(H,11,14)(H,12,13). The van der Waals surface area contributed by atoms with Crippen LogP contribution in [0.2, 0.25) is 0 Å². The number of nitrogens with one attached hydrogen (secondary N) is 2. The lowest BCUT2D eigenvalue weighted by Gasteiger charge is -2.02. The molecule has 5 heteroatoms. The van der Waals surface area contributed by atoms with Gasteiger partial charge in [0.25, 0.3) is 5.56 Å². The smallest absolute Gasteiger partial charge is 0.271 e. The molecule has 1 heterocycles. The van der Waals surface area contributed by atoms with Crippen LogP contribution in [0, 0.1) is 0 Å². The normalized spacial score (nSPS) is 9.86. The molecule has 0 aliphatic rings. The van der Waals surface area contributed by atoms with E-state index in [0.717, 1.165) is 10.9 Å². The number of rotatable bonds is 3. The number of halogens is 1. The van der Waals surface area contributed by atoms with Crippen LogP contribution >= 0.6 is 15.9 Å². The molecule has 0 aliphatic heterocycles. The van der Waals surface area contributed by atoms with Crippen molar-refractivity contribution in [1.82, 2.24) is 4.98 Å². The minimum atomic E-state index is -0.294. The Labute approximate surface area is 89.9 Å². The van der Waals surface area contributed by atoms with Crippen LogP contribution < -0.4 is 10.9 Å². The second-order valence-electron chi connectivity index (χ2n) is 2.86. The molecule has 0 bridgehead atoms. The fraction of sp³-hybridized carbons (Fsp3) is 0.333. The van der Waals surface area contributed by atoms with E-state index in [1.54, 1.807) is 6.07 Å². The second kappa shape index (κ2) is 4.95. The molecule has 0 saturated carbocycles. The molecule has 1 rings (SSSR count). The molecule has 0 fully saturated rings. The SMILES string of the molecule is CCCC(=O)Nc1cc(Br)c[nH]c1=O. The lowest BCUT2D eigenvalue weighted by Crippen LogP contribution is -2.18. The summed E-state index contributed by atoms with van der Waals surface area (Å²) in [6, 6.07) is 1.58. The molecule has 0 spiro atoms. The second-order valence-corrected chi connectivity index (χ2v) is 3.77. The van der Waals surface area contributed by atoms with Gasteiger partial charge in [0.05, 0.1) is 0 Å². The summed E-state index contributed by atoms with van der Waals surface area (Å²) in [6.07, 6.45) is 2.71. The number of aromatic amines is 1. The quantitative estimate of drug-likeness (QED) is 0.870. The van der Waals surface area contributed by atoms with Crippen LogP contribution in [0.15, 0.2) is 21.5 Å². The van der Waals surface area contributed by atoms with Gasteiger partial charge in [-0.3, -0.25) is 9.59 Å². The summed E-state index contributed by atoms with van der Waals surface area (Å²) < 4.78 is 0.726. The number of amides is 1. The molecule has 1 aromatic rings. The van der Waals surface area contributed by atoms with Gasteiger partial charge in [0.15, 0.2) is 0 Å². The molecule has 0 unspecified atom stereocenters. The minimum absolute atomic E-state index is 0.142. The Kier molecular flexibility index (Phi) is 3.88. The van der Waals surface area contributed by atoms with Crippen LogP contribution in [0.1, 0.15) is 19.8 Å².